The van der Waals surface area contributed by atoms with Crippen LogP contribution in [0.15, 0.2) is 24.8 Å². The van der Waals surface area contributed by atoms with Crippen molar-refractivity contribution in [3.05, 3.63) is 47.0 Å². The second-order valence-corrected chi connectivity index (χ2v) is 8.67. The number of hydrogen-bond acceptors (Lipinski definition) is 8. The van der Waals surface area contributed by atoms with Crippen molar-refractivity contribution in [2.24, 2.45) is 0 Å². The van der Waals surface area contributed by atoms with Crippen molar-refractivity contribution in [3.8, 4) is 11.9 Å². The van der Waals surface area contributed by atoms with Crippen LogP contribution >= 0.6 is 0 Å². The second kappa shape index (κ2) is 8.06. The zero-order valence-corrected chi connectivity index (χ0v) is 18.8. The average Bonchev–Trinajstić information content (AvgIpc) is 3.20. The van der Waals surface area contributed by atoms with Crippen molar-refractivity contribution < 1.29 is 14.3 Å². The normalized spacial score (nSPS) is 21.2. The van der Waals surface area contributed by atoms with Crippen LogP contribution in [0.3, 0.4) is 0 Å². The van der Waals surface area contributed by atoms with E-state index in [9.17, 15) is 4.79 Å². The molecule has 9 nitrogen and oxygen atoms in total. The molecule has 33 heavy (non-hydrogen) atoms. The molecule has 3 aliphatic rings. The third-order valence-corrected chi connectivity index (χ3v) is 7.05. The van der Waals surface area contributed by atoms with Gasteiger partial charge in [-0.05, 0) is 49.0 Å². The lowest BCUT2D eigenvalue weighted by molar-refractivity contribution is -0.126. The van der Waals surface area contributed by atoms with Gasteiger partial charge < -0.3 is 30.4 Å². The molecule has 1 aromatic heterocycles. The largest absolute Gasteiger partial charge is 0.467 e. The number of hydrogen-bond donors (Lipinski definition) is 2. The quantitative estimate of drug-likeness (QED) is 0.418. The molecule has 1 amide bonds. The molecule has 1 saturated heterocycles. The van der Waals surface area contributed by atoms with Gasteiger partial charge in [-0.2, -0.15) is 9.97 Å². The fraction of sp³-hybridized carbons (Fsp3) is 0.417. The third kappa shape index (κ3) is 3.39. The van der Waals surface area contributed by atoms with Crippen molar-refractivity contribution in [3.63, 3.8) is 0 Å². The highest BCUT2D eigenvalue weighted by atomic mass is 16.5. The Morgan fingerprint density at radius 1 is 1.21 bits per heavy atom. The predicted molar refractivity (Wildman–Crippen MR) is 125 cm³/mol. The van der Waals surface area contributed by atoms with E-state index < -0.39 is 5.60 Å². The Morgan fingerprint density at radius 2 is 1.94 bits per heavy atom. The number of carbonyl (C=O) groups excluding carboxylic acids is 1. The van der Waals surface area contributed by atoms with Gasteiger partial charge in [-0.1, -0.05) is 12.6 Å². The highest BCUT2D eigenvalue weighted by Crippen LogP contribution is 2.50. The van der Waals surface area contributed by atoms with E-state index in [1.807, 2.05) is 12.1 Å². The van der Waals surface area contributed by atoms with Crippen LogP contribution in [-0.4, -0.2) is 60.3 Å². The van der Waals surface area contributed by atoms with Crippen molar-refractivity contribution in [1.82, 2.24) is 14.9 Å². The molecule has 3 N–H and O–H groups in total. The smallest absolute Gasteiger partial charge is 0.321 e. The van der Waals surface area contributed by atoms with Gasteiger partial charge >= 0.3 is 6.01 Å². The first kappa shape index (κ1) is 21.2. The van der Waals surface area contributed by atoms with Gasteiger partial charge in [-0.15, -0.1) is 0 Å². The molecule has 1 aromatic carbocycles. The molecule has 0 bridgehead atoms. The van der Waals surface area contributed by atoms with Crippen LogP contribution in [0.5, 0.6) is 11.9 Å². The molecular formula is C24H28N6O3. The van der Waals surface area contributed by atoms with E-state index in [-0.39, 0.29) is 11.9 Å². The Kier molecular flexibility index (Phi) is 5.19. The molecule has 5 rings (SSSR count). The Bertz CT molecular complexity index is 1140. The number of nitrogens with one attached hydrogen (secondary N) is 1. The van der Waals surface area contributed by atoms with Crippen LogP contribution in [0, 0.1) is 5.41 Å². The number of nitrogens with zero attached hydrogens (tertiary/aromatic N) is 4. The monoisotopic (exact) mass is 448 g/mol. The Morgan fingerprint density at radius 3 is 2.61 bits per heavy atom. The molecule has 0 saturated carbocycles. The van der Waals surface area contributed by atoms with Crippen molar-refractivity contribution in [2.75, 3.05) is 43.9 Å². The number of piperazine rings is 1. The molecule has 2 aliphatic heterocycles. The Balaban J connectivity index is 1.48. The number of anilines is 2. The molecule has 1 fully saturated rings. The summed E-state index contributed by atoms with van der Waals surface area (Å²) in [5.41, 5.74) is 10.2. The summed E-state index contributed by atoms with van der Waals surface area (Å²) in [4.78, 5) is 25.1. The molecule has 2 aromatic rings. The summed E-state index contributed by atoms with van der Waals surface area (Å²) in [5, 5.41) is 7.80. The summed E-state index contributed by atoms with van der Waals surface area (Å²) in [7, 11) is 1.55. The van der Waals surface area contributed by atoms with Crippen LogP contribution in [0.4, 0.5) is 11.5 Å². The van der Waals surface area contributed by atoms with Crippen LogP contribution in [0.1, 0.15) is 35.1 Å². The molecule has 3 heterocycles. The SMILES string of the molecule is C=CC(=O)N1CCN(c2nc(OC)nc3c2CCC2(CCc4c2ccc(N)c4C=N)O3)CC1. The zero-order chi connectivity index (χ0) is 23.2. The minimum Gasteiger partial charge on any atom is -0.467 e. The van der Waals surface area contributed by atoms with Crippen molar-refractivity contribution in [2.45, 2.75) is 31.3 Å². The maximum Gasteiger partial charge on any atom is 0.321 e. The molecule has 1 spiro atoms. The van der Waals surface area contributed by atoms with Gasteiger partial charge in [-0.3, -0.25) is 4.79 Å². The van der Waals surface area contributed by atoms with Gasteiger partial charge in [0.15, 0.2) is 0 Å². The topological polar surface area (TPSA) is 118 Å². The third-order valence-electron chi connectivity index (χ3n) is 7.05. The van der Waals surface area contributed by atoms with Crippen LogP contribution in [0.25, 0.3) is 0 Å². The van der Waals surface area contributed by atoms with E-state index in [1.165, 1.54) is 12.3 Å². The number of aromatic nitrogens is 2. The number of amides is 1. The molecule has 9 heteroatoms. The first-order chi connectivity index (χ1) is 16.0. The van der Waals surface area contributed by atoms with E-state index in [2.05, 4.69) is 21.4 Å². The number of carbonyl (C=O) groups is 1. The maximum absolute atomic E-state index is 12.0. The number of benzene rings is 1. The minimum absolute atomic E-state index is 0.0490. The van der Waals surface area contributed by atoms with E-state index in [4.69, 9.17) is 20.6 Å². The summed E-state index contributed by atoms with van der Waals surface area (Å²) in [6.07, 6.45) is 5.89. The van der Waals surface area contributed by atoms with Gasteiger partial charge in [-0.25, -0.2) is 0 Å². The van der Waals surface area contributed by atoms with E-state index >= 15 is 0 Å². The highest BCUT2D eigenvalue weighted by Gasteiger charge is 2.46. The van der Waals surface area contributed by atoms with Crippen LogP contribution in [0.2, 0.25) is 0 Å². The lowest BCUT2D eigenvalue weighted by Gasteiger charge is -2.39. The summed E-state index contributed by atoms with van der Waals surface area (Å²) in [6.45, 7) is 6.14. The molecule has 1 atom stereocenters. The molecule has 1 unspecified atom stereocenters. The van der Waals surface area contributed by atoms with Gasteiger partial charge in [0.25, 0.3) is 0 Å². The number of methoxy groups -OCH3 is 1. The first-order valence-electron chi connectivity index (χ1n) is 11.2. The fourth-order valence-corrected chi connectivity index (χ4v) is 5.30. The van der Waals surface area contributed by atoms with E-state index in [0.29, 0.717) is 37.7 Å². The Hall–Kier alpha value is -3.62. The standard InChI is InChI=1S/C24H28N6O3/c1-3-20(31)29-10-12-30(13-11-29)21-16-7-9-24(33-22(16)28-23(27-21)32-2)8-6-15-17(14-25)19(26)5-4-18(15)24/h3-5,14,25H,1,6-13,26H2,2H3. The summed E-state index contributed by atoms with van der Waals surface area (Å²) < 4.78 is 12.1. The van der Waals surface area contributed by atoms with Crippen LogP contribution < -0.4 is 20.1 Å². The summed E-state index contributed by atoms with van der Waals surface area (Å²) in [5.74, 6) is 1.31. The zero-order valence-electron chi connectivity index (χ0n) is 18.8. The second-order valence-electron chi connectivity index (χ2n) is 8.67. The van der Waals surface area contributed by atoms with Crippen molar-refractivity contribution in [1.29, 1.82) is 5.41 Å². The van der Waals surface area contributed by atoms with Crippen molar-refractivity contribution >= 4 is 23.6 Å². The van der Waals surface area contributed by atoms with E-state index in [0.717, 1.165) is 53.8 Å². The first-order valence-corrected chi connectivity index (χ1v) is 11.2. The number of rotatable bonds is 4. The number of nitrogen functional groups attached to an aromatic ring is 1. The van der Waals surface area contributed by atoms with Gasteiger partial charge in [0.1, 0.15) is 11.4 Å². The van der Waals surface area contributed by atoms with Gasteiger partial charge in [0.2, 0.25) is 11.8 Å². The minimum atomic E-state index is -0.487. The van der Waals surface area contributed by atoms with E-state index in [1.54, 1.807) is 12.0 Å². The maximum atomic E-state index is 12.0. The predicted octanol–water partition coefficient (Wildman–Crippen LogP) is 2.07. The molecule has 172 valence electrons. The molecule has 1 aliphatic carbocycles. The average molecular weight is 449 g/mol. The lowest BCUT2D eigenvalue weighted by Crippen LogP contribution is -2.49. The summed E-state index contributed by atoms with van der Waals surface area (Å²) in [6, 6.07) is 4.16. The fourth-order valence-electron chi connectivity index (χ4n) is 5.30. The number of ether oxygens (including phenoxy) is 2. The Labute approximate surface area is 192 Å². The van der Waals surface area contributed by atoms with Gasteiger partial charge in [0.05, 0.1) is 12.7 Å². The number of nitrogens with two attached hydrogens (primary N) is 1. The summed E-state index contributed by atoms with van der Waals surface area (Å²) >= 11 is 0. The van der Waals surface area contributed by atoms with Gasteiger partial charge in [0, 0.05) is 43.6 Å². The lowest BCUT2D eigenvalue weighted by atomic mass is 9.86. The molecular weight excluding hydrogens is 420 g/mol. The highest BCUT2D eigenvalue weighted by molar-refractivity contribution is 5.88. The number of fused-ring (bicyclic) bond motifs is 3. The molecule has 0 radical (unpaired) electrons. The van der Waals surface area contributed by atoms with Crippen LogP contribution in [-0.2, 0) is 23.2 Å².